The molecule has 0 saturated carbocycles. The monoisotopic (exact) mass is 227 g/mol. The zero-order valence-corrected chi connectivity index (χ0v) is 9.39. The molecule has 86 valence electrons. The SMILES string of the molecule is O=c1[nH]cnc2c1CN(Cc1ccccc1)C2. The molecule has 2 heterocycles. The Labute approximate surface area is 98.9 Å². The van der Waals surface area contributed by atoms with E-state index in [9.17, 15) is 4.79 Å². The third-order valence-corrected chi connectivity index (χ3v) is 3.04. The number of aromatic amines is 1. The first kappa shape index (κ1) is 10.2. The van der Waals surface area contributed by atoms with Gasteiger partial charge in [0.25, 0.3) is 5.56 Å². The molecule has 2 aromatic rings. The van der Waals surface area contributed by atoms with E-state index >= 15 is 0 Å². The summed E-state index contributed by atoms with van der Waals surface area (Å²) in [4.78, 5) is 20.6. The van der Waals surface area contributed by atoms with Gasteiger partial charge in [0.2, 0.25) is 0 Å². The van der Waals surface area contributed by atoms with Gasteiger partial charge in [-0.05, 0) is 5.56 Å². The summed E-state index contributed by atoms with van der Waals surface area (Å²) in [6.45, 7) is 2.30. The van der Waals surface area contributed by atoms with Crippen molar-refractivity contribution in [3.63, 3.8) is 0 Å². The standard InChI is InChI=1S/C13H13N3O/c17-13-11-7-16(8-12(11)14-9-15-13)6-10-4-2-1-3-5-10/h1-5,9H,6-8H2,(H,14,15,17). The lowest BCUT2D eigenvalue weighted by molar-refractivity contribution is 0.273. The van der Waals surface area contributed by atoms with Gasteiger partial charge in [-0.25, -0.2) is 4.98 Å². The number of nitrogens with zero attached hydrogens (tertiary/aromatic N) is 2. The number of H-pyrrole nitrogens is 1. The molecule has 3 rings (SSSR count). The van der Waals surface area contributed by atoms with Crippen LogP contribution in [0, 0.1) is 0 Å². The summed E-state index contributed by atoms with van der Waals surface area (Å²) in [6, 6.07) is 10.3. The van der Waals surface area contributed by atoms with Crippen molar-refractivity contribution in [2.24, 2.45) is 0 Å². The van der Waals surface area contributed by atoms with Crippen LogP contribution in [0.1, 0.15) is 16.8 Å². The third kappa shape index (κ3) is 1.99. The minimum atomic E-state index is -0.00874. The maximum atomic E-state index is 11.6. The molecular weight excluding hydrogens is 214 g/mol. The molecule has 0 saturated heterocycles. The van der Waals surface area contributed by atoms with Crippen LogP contribution >= 0.6 is 0 Å². The molecule has 0 radical (unpaired) electrons. The van der Waals surface area contributed by atoms with E-state index < -0.39 is 0 Å². The molecule has 0 unspecified atom stereocenters. The molecule has 4 nitrogen and oxygen atoms in total. The van der Waals surface area contributed by atoms with Gasteiger partial charge in [0.15, 0.2) is 0 Å². The zero-order chi connectivity index (χ0) is 11.7. The largest absolute Gasteiger partial charge is 0.313 e. The van der Waals surface area contributed by atoms with Crippen LogP contribution in [0.5, 0.6) is 0 Å². The van der Waals surface area contributed by atoms with Crippen LogP contribution in [0.3, 0.4) is 0 Å². The Hall–Kier alpha value is -1.94. The molecule has 1 N–H and O–H groups in total. The van der Waals surface area contributed by atoms with E-state index in [-0.39, 0.29) is 5.56 Å². The topological polar surface area (TPSA) is 49.0 Å². The van der Waals surface area contributed by atoms with Crippen LogP contribution in [-0.4, -0.2) is 14.9 Å². The van der Waals surface area contributed by atoms with Crippen molar-refractivity contribution in [2.75, 3.05) is 0 Å². The number of rotatable bonds is 2. The Kier molecular flexibility index (Phi) is 2.49. The highest BCUT2D eigenvalue weighted by Gasteiger charge is 2.22. The second-order valence-corrected chi connectivity index (χ2v) is 4.29. The predicted octanol–water partition coefficient (Wildman–Crippen LogP) is 1.29. The number of hydrogen-bond donors (Lipinski definition) is 1. The molecule has 0 spiro atoms. The van der Waals surface area contributed by atoms with Gasteiger partial charge in [-0.15, -0.1) is 0 Å². The van der Waals surface area contributed by atoms with Crippen molar-refractivity contribution in [1.29, 1.82) is 0 Å². The van der Waals surface area contributed by atoms with Gasteiger partial charge in [-0.3, -0.25) is 9.69 Å². The molecule has 0 bridgehead atoms. The van der Waals surface area contributed by atoms with Crippen LogP contribution < -0.4 is 5.56 Å². The van der Waals surface area contributed by atoms with Gasteiger partial charge < -0.3 is 4.98 Å². The lowest BCUT2D eigenvalue weighted by Crippen LogP contribution is -2.17. The minimum Gasteiger partial charge on any atom is -0.313 e. The number of aromatic nitrogens is 2. The third-order valence-electron chi connectivity index (χ3n) is 3.04. The summed E-state index contributed by atoms with van der Waals surface area (Å²) in [6.07, 6.45) is 1.48. The van der Waals surface area contributed by atoms with Crippen LogP contribution in [0.4, 0.5) is 0 Å². The lowest BCUT2D eigenvalue weighted by Gasteiger charge is -2.13. The summed E-state index contributed by atoms with van der Waals surface area (Å²) in [5.74, 6) is 0. The van der Waals surface area contributed by atoms with Crippen LogP contribution in [0.25, 0.3) is 0 Å². The molecule has 0 fully saturated rings. The smallest absolute Gasteiger partial charge is 0.255 e. The summed E-state index contributed by atoms with van der Waals surface area (Å²) in [5, 5.41) is 0. The van der Waals surface area contributed by atoms with Crippen molar-refractivity contribution in [3.8, 4) is 0 Å². The van der Waals surface area contributed by atoms with Gasteiger partial charge in [0.1, 0.15) is 0 Å². The fraction of sp³-hybridized carbons (Fsp3) is 0.231. The highest BCUT2D eigenvalue weighted by atomic mass is 16.1. The molecular formula is C13H13N3O. The summed E-state index contributed by atoms with van der Waals surface area (Å²) >= 11 is 0. The first-order valence-corrected chi connectivity index (χ1v) is 5.64. The van der Waals surface area contributed by atoms with Crippen molar-refractivity contribution in [1.82, 2.24) is 14.9 Å². The number of hydrogen-bond acceptors (Lipinski definition) is 3. The first-order chi connectivity index (χ1) is 8.33. The van der Waals surface area contributed by atoms with E-state index in [0.717, 1.165) is 24.3 Å². The second kappa shape index (κ2) is 4.14. The van der Waals surface area contributed by atoms with E-state index in [4.69, 9.17) is 0 Å². The highest BCUT2D eigenvalue weighted by molar-refractivity contribution is 5.22. The Balaban J connectivity index is 1.79. The zero-order valence-electron chi connectivity index (χ0n) is 9.39. The van der Waals surface area contributed by atoms with Gasteiger partial charge in [-0.1, -0.05) is 30.3 Å². The predicted molar refractivity (Wildman–Crippen MR) is 64.3 cm³/mol. The molecule has 0 amide bonds. The van der Waals surface area contributed by atoms with E-state index in [1.807, 2.05) is 18.2 Å². The molecule has 17 heavy (non-hydrogen) atoms. The van der Waals surface area contributed by atoms with Crippen molar-refractivity contribution in [2.45, 2.75) is 19.6 Å². The molecule has 4 heteroatoms. The molecule has 1 aromatic heterocycles. The fourth-order valence-electron chi connectivity index (χ4n) is 2.21. The van der Waals surface area contributed by atoms with Gasteiger partial charge in [0, 0.05) is 19.6 Å². The van der Waals surface area contributed by atoms with Crippen LogP contribution in [0.15, 0.2) is 41.5 Å². The molecule has 0 atom stereocenters. The summed E-state index contributed by atoms with van der Waals surface area (Å²) in [7, 11) is 0. The van der Waals surface area contributed by atoms with Crippen LogP contribution in [-0.2, 0) is 19.6 Å². The average molecular weight is 227 g/mol. The Morgan fingerprint density at radius 3 is 2.82 bits per heavy atom. The van der Waals surface area contributed by atoms with Gasteiger partial charge in [0.05, 0.1) is 17.6 Å². The molecule has 1 aliphatic heterocycles. The number of fused-ring (bicyclic) bond motifs is 1. The number of nitrogens with one attached hydrogen (secondary N) is 1. The highest BCUT2D eigenvalue weighted by Crippen LogP contribution is 2.19. The van der Waals surface area contributed by atoms with E-state index in [0.29, 0.717) is 6.54 Å². The van der Waals surface area contributed by atoms with Gasteiger partial charge >= 0.3 is 0 Å². The maximum absolute atomic E-state index is 11.6. The quantitative estimate of drug-likeness (QED) is 0.841. The summed E-state index contributed by atoms with van der Waals surface area (Å²) < 4.78 is 0. The number of benzene rings is 1. The normalized spacial score (nSPS) is 14.8. The Bertz CT molecular complexity index is 577. The Morgan fingerprint density at radius 1 is 1.24 bits per heavy atom. The molecule has 1 aliphatic rings. The summed E-state index contributed by atoms with van der Waals surface area (Å²) in [5.41, 5.74) is 2.97. The maximum Gasteiger partial charge on any atom is 0.255 e. The minimum absolute atomic E-state index is 0.00874. The average Bonchev–Trinajstić information content (AvgIpc) is 2.74. The lowest BCUT2D eigenvalue weighted by atomic mass is 10.2. The van der Waals surface area contributed by atoms with E-state index in [1.165, 1.54) is 11.9 Å². The first-order valence-electron chi connectivity index (χ1n) is 5.64. The Morgan fingerprint density at radius 2 is 2.06 bits per heavy atom. The molecule has 0 aliphatic carbocycles. The van der Waals surface area contributed by atoms with Crippen molar-refractivity contribution in [3.05, 3.63) is 63.8 Å². The van der Waals surface area contributed by atoms with E-state index in [2.05, 4.69) is 27.0 Å². The van der Waals surface area contributed by atoms with Gasteiger partial charge in [-0.2, -0.15) is 0 Å². The molecule has 1 aromatic carbocycles. The van der Waals surface area contributed by atoms with E-state index in [1.54, 1.807) is 0 Å². The van der Waals surface area contributed by atoms with Crippen molar-refractivity contribution < 1.29 is 0 Å². The van der Waals surface area contributed by atoms with Crippen LogP contribution in [0.2, 0.25) is 0 Å². The van der Waals surface area contributed by atoms with Crippen molar-refractivity contribution >= 4 is 0 Å². The second-order valence-electron chi connectivity index (χ2n) is 4.29. The fourth-order valence-corrected chi connectivity index (χ4v) is 2.21.